The predicted molar refractivity (Wildman–Crippen MR) is 81.0 cm³/mol. The number of benzene rings is 1. The average molecular weight is 291 g/mol. The van der Waals surface area contributed by atoms with Gasteiger partial charge in [0.15, 0.2) is 0 Å². The second kappa shape index (κ2) is 7.00. The van der Waals surface area contributed by atoms with Crippen LogP contribution in [0.4, 0.5) is 0 Å². The molecule has 0 aliphatic heterocycles. The number of nitrogens with zero attached hydrogens (tertiary/aromatic N) is 1. The van der Waals surface area contributed by atoms with Crippen LogP contribution in [0.3, 0.4) is 0 Å². The van der Waals surface area contributed by atoms with Crippen molar-refractivity contribution in [3.05, 3.63) is 36.0 Å². The Morgan fingerprint density at radius 1 is 1.45 bits per heavy atom. The molecule has 0 saturated heterocycles. The molecule has 1 amide bonds. The summed E-state index contributed by atoms with van der Waals surface area (Å²) in [5, 5.41) is 19.3. The van der Waals surface area contributed by atoms with E-state index in [9.17, 15) is 9.90 Å². The van der Waals surface area contributed by atoms with Gasteiger partial charge in [0.1, 0.15) is 11.4 Å². The number of phenols is 1. The summed E-state index contributed by atoms with van der Waals surface area (Å²) < 4.78 is 0. The van der Waals surface area contributed by atoms with Crippen molar-refractivity contribution in [3.8, 4) is 17.0 Å². The number of nitrogens with one attached hydrogen (secondary N) is 2. The van der Waals surface area contributed by atoms with Crippen molar-refractivity contribution in [1.82, 2.24) is 15.5 Å². The highest BCUT2D eigenvalue weighted by molar-refractivity contribution is 7.98. The SMILES string of the molecule is CSCCCNC(=O)c1cc(-c2ccccc2O)n[nH]1. The maximum atomic E-state index is 11.9. The molecule has 0 unspecified atom stereocenters. The number of H-pyrrole nitrogens is 1. The van der Waals surface area contributed by atoms with E-state index in [1.165, 1.54) is 0 Å². The van der Waals surface area contributed by atoms with E-state index in [0.717, 1.165) is 12.2 Å². The van der Waals surface area contributed by atoms with Gasteiger partial charge < -0.3 is 10.4 Å². The van der Waals surface area contributed by atoms with E-state index >= 15 is 0 Å². The van der Waals surface area contributed by atoms with Gasteiger partial charge >= 0.3 is 0 Å². The lowest BCUT2D eigenvalue weighted by atomic mass is 10.1. The molecule has 0 aliphatic rings. The molecular weight excluding hydrogens is 274 g/mol. The number of carbonyl (C=O) groups excluding carboxylic acids is 1. The quantitative estimate of drug-likeness (QED) is 0.713. The fraction of sp³-hybridized carbons (Fsp3) is 0.286. The molecule has 0 bridgehead atoms. The summed E-state index contributed by atoms with van der Waals surface area (Å²) in [5.74, 6) is 0.984. The van der Waals surface area contributed by atoms with Crippen LogP contribution in [0.15, 0.2) is 30.3 Å². The number of thioether (sulfide) groups is 1. The van der Waals surface area contributed by atoms with Crippen LogP contribution < -0.4 is 5.32 Å². The Hall–Kier alpha value is -1.95. The van der Waals surface area contributed by atoms with E-state index in [0.29, 0.717) is 23.5 Å². The number of amides is 1. The van der Waals surface area contributed by atoms with E-state index in [1.54, 1.807) is 36.0 Å². The van der Waals surface area contributed by atoms with E-state index in [-0.39, 0.29) is 11.7 Å². The third-order valence-electron chi connectivity index (χ3n) is 2.81. The van der Waals surface area contributed by atoms with Crippen LogP contribution in [0.25, 0.3) is 11.3 Å². The monoisotopic (exact) mass is 291 g/mol. The highest BCUT2D eigenvalue weighted by Gasteiger charge is 2.12. The zero-order chi connectivity index (χ0) is 14.4. The first-order valence-corrected chi connectivity index (χ1v) is 7.72. The van der Waals surface area contributed by atoms with Gasteiger partial charge in [-0.3, -0.25) is 9.89 Å². The Morgan fingerprint density at radius 2 is 2.25 bits per heavy atom. The topological polar surface area (TPSA) is 78.0 Å². The number of hydrogen-bond donors (Lipinski definition) is 3. The molecule has 0 radical (unpaired) electrons. The van der Waals surface area contributed by atoms with Gasteiger partial charge in [0, 0.05) is 12.1 Å². The molecule has 2 aromatic rings. The van der Waals surface area contributed by atoms with Crippen LogP contribution in [0.2, 0.25) is 0 Å². The molecule has 0 aliphatic carbocycles. The van der Waals surface area contributed by atoms with Crippen LogP contribution in [-0.2, 0) is 0 Å². The summed E-state index contributed by atoms with van der Waals surface area (Å²) in [7, 11) is 0. The largest absolute Gasteiger partial charge is 0.507 e. The Bertz CT molecular complexity index is 583. The summed E-state index contributed by atoms with van der Waals surface area (Å²) in [6.45, 7) is 0.643. The summed E-state index contributed by atoms with van der Waals surface area (Å²) in [6.07, 6.45) is 2.97. The fourth-order valence-corrected chi connectivity index (χ4v) is 2.21. The van der Waals surface area contributed by atoms with Gasteiger partial charge in [-0.05, 0) is 36.6 Å². The number of hydrogen-bond acceptors (Lipinski definition) is 4. The Balaban J connectivity index is 2.02. The minimum atomic E-state index is -0.180. The van der Waals surface area contributed by atoms with Crippen LogP contribution in [0.5, 0.6) is 5.75 Å². The first-order chi connectivity index (χ1) is 9.72. The normalized spacial score (nSPS) is 10.4. The molecule has 0 spiro atoms. The number of aromatic amines is 1. The van der Waals surface area contributed by atoms with Crippen molar-refractivity contribution < 1.29 is 9.90 Å². The maximum Gasteiger partial charge on any atom is 0.269 e. The lowest BCUT2D eigenvalue weighted by molar-refractivity contribution is 0.0949. The van der Waals surface area contributed by atoms with Gasteiger partial charge in [0.25, 0.3) is 5.91 Å². The highest BCUT2D eigenvalue weighted by Crippen LogP contribution is 2.27. The number of rotatable bonds is 6. The summed E-state index contributed by atoms with van der Waals surface area (Å²) >= 11 is 1.75. The molecule has 1 aromatic heterocycles. The molecule has 2 rings (SSSR count). The Kier molecular flexibility index (Phi) is 5.06. The molecule has 1 aromatic carbocycles. The van der Waals surface area contributed by atoms with Crippen molar-refractivity contribution in [2.75, 3.05) is 18.6 Å². The van der Waals surface area contributed by atoms with Crippen molar-refractivity contribution in [2.45, 2.75) is 6.42 Å². The number of phenolic OH excluding ortho intramolecular Hbond substituents is 1. The van der Waals surface area contributed by atoms with Gasteiger partial charge in [-0.25, -0.2) is 0 Å². The third-order valence-corrected chi connectivity index (χ3v) is 3.51. The van der Waals surface area contributed by atoms with Crippen LogP contribution >= 0.6 is 11.8 Å². The lowest BCUT2D eigenvalue weighted by Gasteiger charge is -2.01. The summed E-state index contributed by atoms with van der Waals surface area (Å²) in [5.41, 5.74) is 1.55. The van der Waals surface area contributed by atoms with E-state index in [4.69, 9.17) is 0 Å². The second-order valence-electron chi connectivity index (χ2n) is 4.29. The molecule has 0 saturated carbocycles. The Morgan fingerprint density at radius 3 is 3.00 bits per heavy atom. The first kappa shape index (κ1) is 14.5. The number of aromatic nitrogens is 2. The standard InChI is InChI=1S/C14H17N3O2S/c1-20-8-4-7-15-14(19)12-9-11(16-17-12)10-5-2-3-6-13(10)18/h2-3,5-6,9,18H,4,7-8H2,1H3,(H,15,19)(H,16,17). The molecule has 3 N–H and O–H groups in total. The zero-order valence-corrected chi connectivity index (χ0v) is 12.0. The van der Waals surface area contributed by atoms with Crippen molar-refractivity contribution in [1.29, 1.82) is 0 Å². The molecule has 1 heterocycles. The lowest BCUT2D eigenvalue weighted by Crippen LogP contribution is -2.25. The number of carbonyl (C=O) groups is 1. The predicted octanol–water partition coefficient (Wildman–Crippen LogP) is 2.27. The molecule has 20 heavy (non-hydrogen) atoms. The smallest absolute Gasteiger partial charge is 0.269 e. The first-order valence-electron chi connectivity index (χ1n) is 6.33. The third kappa shape index (κ3) is 3.54. The average Bonchev–Trinajstić information content (AvgIpc) is 2.93. The molecule has 0 fully saturated rings. The van der Waals surface area contributed by atoms with Crippen LogP contribution in [0, 0.1) is 0 Å². The minimum absolute atomic E-state index is 0.144. The van der Waals surface area contributed by atoms with Crippen molar-refractivity contribution in [3.63, 3.8) is 0 Å². The molecule has 106 valence electrons. The van der Waals surface area contributed by atoms with Gasteiger partial charge in [0.05, 0.1) is 5.69 Å². The minimum Gasteiger partial charge on any atom is -0.507 e. The van der Waals surface area contributed by atoms with Crippen molar-refractivity contribution in [2.24, 2.45) is 0 Å². The van der Waals surface area contributed by atoms with Crippen molar-refractivity contribution >= 4 is 17.7 Å². The summed E-state index contributed by atoms with van der Waals surface area (Å²) in [6, 6.07) is 8.54. The Labute approximate surface area is 121 Å². The maximum absolute atomic E-state index is 11.9. The zero-order valence-electron chi connectivity index (χ0n) is 11.2. The molecule has 0 atom stereocenters. The van der Waals surface area contributed by atoms with Gasteiger partial charge in [0.2, 0.25) is 0 Å². The van der Waals surface area contributed by atoms with E-state index in [2.05, 4.69) is 15.5 Å². The highest BCUT2D eigenvalue weighted by atomic mass is 32.2. The second-order valence-corrected chi connectivity index (χ2v) is 5.27. The fourth-order valence-electron chi connectivity index (χ4n) is 1.78. The van der Waals surface area contributed by atoms with Gasteiger partial charge in [-0.2, -0.15) is 16.9 Å². The van der Waals surface area contributed by atoms with E-state index < -0.39 is 0 Å². The number of aromatic hydroxyl groups is 1. The van der Waals surface area contributed by atoms with E-state index in [1.807, 2.05) is 12.3 Å². The van der Waals surface area contributed by atoms with Gasteiger partial charge in [-0.1, -0.05) is 12.1 Å². The van der Waals surface area contributed by atoms with Gasteiger partial charge in [-0.15, -0.1) is 0 Å². The molecule has 5 nitrogen and oxygen atoms in total. The molecular formula is C14H17N3O2S. The summed E-state index contributed by atoms with van der Waals surface area (Å²) in [4.78, 5) is 11.9. The van der Waals surface area contributed by atoms with Crippen LogP contribution in [0.1, 0.15) is 16.9 Å². The van der Waals surface area contributed by atoms with Crippen LogP contribution in [-0.4, -0.2) is 39.8 Å². The molecule has 6 heteroatoms. The number of para-hydroxylation sites is 1.